The summed E-state index contributed by atoms with van der Waals surface area (Å²) in [5.41, 5.74) is 0. The fourth-order valence-electron chi connectivity index (χ4n) is 2.72. The molecule has 0 spiro atoms. The number of hydrogen-bond donors (Lipinski definition) is 0. The van der Waals surface area contributed by atoms with E-state index in [0.717, 1.165) is 31.2 Å². The van der Waals surface area contributed by atoms with Crippen molar-refractivity contribution in [1.82, 2.24) is 4.90 Å². The molecule has 0 radical (unpaired) electrons. The Morgan fingerprint density at radius 3 is 2.41 bits per heavy atom. The van der Waals surface area contributed by atoms with Crippen LogP contribution in [0.15, 0.2) is 0 Å². The average Bonchev–Trinajstić information content (AvgIpc) is 3.13. The summed E-state index contributed by atoms with van der Waals surface area (Å²) in [7, 11) is 0. The Morgan fingerprint density at radius 2 is 1.88 bits per heavy atom. The van der Waals surface area contributed by atoms with Crippen molar-refractivity contribution in [1.29, 1.82) is 0 Å². The highest BCUT2D eigenvalue weighted by atomic mass is 16.2. The van der Waals surface area contributed by atoms with Gasteiger partial charge in [0.05, 0.1) is 6.54 Å². The van der Waals surface area contributed by atoms with E-state index < -0.39 is 0 Å². The van der Waals surface area contributed by atoms with Crippen LogP contribution in [-0.4, -0.2) is 23.9 Å². The minimum atomic E-state index is 0.248. The lowest BCUT2D eigenvalue weighted by Crippen LogP contribution is -2.39. The van der Waals surface area contributed by atoms with E-state index in [1.807, 2.05) is 4.90 Å². The van der Waals surface area contributed by atoms with Crippen molar-refractivity contribution in [3.63, 3.8) is 0 Å². The van der Waals surface area contributed by atoms with Crippen molar-refractivity contribution in [2.45, 2.75) is 45.4 Å². The van der Waals surface area contributed by atoms with Gasteiger partial charge in [-0.2, -0.15) is 0 Å². The molecule has 2 aliphatic rings. The lowest BCUT2D eigenvalue weighted by Gasteiger charge is -2.30. The van der Waals surface area contributed by atoms with Crippen LogP contribution in [-0.2, 0) is 4.79 Å². The number of carbonyl (C=O) groups excluding carboxylic acids is 1. The summed E-state index contributed by atoms with van der Waals surface area (Å²) in [5.74, 6) is 4.73. The lowest BCUT2D eigenvalue weighted by atomic mass is 9.82. The molecule has 1 amide bonds. The van der Waals surface area contributed by atoms with Gasteiger partial charge in [0.25, 0.3) is 0 Å². The van der Waals surface area contributed by atoms with Crippen LogP contribution in [0.2, 0.25) is 0 Å². The summed E-state index contributed by atoms with van der Waals surface area (Å²) in [6.45, 7) is 3.68. The minimum absolute atomic E-state index is 0.248. The number of terminal acetylenes is 1. The number of amides is 1. The molecule has 2 heteroatoms. The van der Waals surface area contributed by atoms with Crippen LogP contribution in [0.1, 0.15) is 45.4 Å². The molecule has 94 valence electrons. The standard InChI is InChI=1S/C15H23NO/c1-3-10-16(11-13-6-7-13)15(17)14-8-4-12(2)5-9-14/h1,12-14H,4-11H2,2H3. The SMILES string of the molecule is C#CCN(CC1CC1)C(=O)C1CCC(C)CC1. The zero-order chi connectivity index (χ0) is 12.3. The van der Waals surface area contributed by atoms with E-state index in [9.17, 15) is 4.79 Å². The Bertz CT molecular complexity index is 305. The molecule has 0 aromatic heterocycles. The first kappa shape index (κ1) is 12.5. The smallest absolute Gasteiger partial charge is 0.226 e. The van der Waals surface area contributed by atoms with Crippen LogP contribution in [0, 0.1) is 30.1 Å². The summed E-state index contributed by atoms with van der Waals surface area (Å²) in [4.78, 5) is 14.3. The predicted molar refractivity (Wildman–Crippen MR) is 69.3 cm³/mol. The Kier molecular flexibility index (Phi) is 4.10. The van der Waals surface area contributed by atoms with Gasteiger partial charge in [-0.15, -0.1) is 6.42 Å². The molecule has 0 unspecified atom stereocenters. The highest BCUT2D eigenvalue weighted by Crippen LogP contribution is 2.33. The topological polar surface area (TPSA) is 20.3 Å². The van der Waals surface area contributed by atoms with Gasteiger partial charge in [-0.3, -0.25) is 4.79 Å². The number of nitrogens with zero attached hydrogens (tertiary/aromatic N) is 1. The number of hydrogen-bond acceptors (Lipinski definition) is 1. The second-order valence-electron chi connectivity index (χ2n) is 5.82. The molecule has 17 heavy (non-hydrogen) atoms. The molecule has 0 aromatic carbocycles. The normalized spacial score (nSPS) is 28.5. The Balaban J connectivity index is 1.88. The maximum atomic E-state index is 12.4. The van der Waals surface area contributed by atoms with Crippen LogP contribution in [0.4, 0.5) is 0 Å². The Hall–Kier alpha value is -0.970. The summed E-state index contributed by atoms with van der Waals surface area (Å²) in [5, 5.41) is 0. The van der Waals surface area contributed by atoms with Gasteiger partial charge >= 0.3 is 0 Å². The van der Waals surface area contributed by atoms with Crippen LogP contribution in [0.5, 0.6) is 0 Å². The monoisotopic (exact) mass is 233 g/mol. The van der Waals surface area contributed by atoms with Gasteiger partial charge in [0, 0.05) is 12.5 Å². The Morgan fingerprint density at radius 1 is 1.24 bits per heavy atom. The molecular weight excluding hydrogens is 210 g/mol. The molecule has 0 aromatic rings. The number of carbonyl (C=O) groups is 1. The van der Waals surface area contributed by atoms with E-state index >= 15 is 0 Å². The molecule has 2 fully saturated rings. The first-order chi connectivity index (χ1) is 8.20. The largest absolute Gasteiger partial charge is 0.331 e. The van der Waals surface area contributed by atoms with Crippen molar-refractivity contribution >= 4 is 5.91 Å². The second-order valence-corrected chi connectivity index (χ2v) is 5.82. The molecule has 2 rings (SSSR count). The van der Waals surface area contributed by atoms with Gasteiger partial charge in [-0.25, -0.2) is 0 Å². The average molecular weight is 233 g/mol. The van der Waals surface area contributed by atoms with Crippen molar-refractivity contribution in [3.05, 3.63) is 0 Å². The molecule has 0 atom stereocenters. The van der Waals surface area contributed by atoms with Gasteiger partial charge in [0.1, 0.15) is 0 Å². The molecule has 0 heterocycles. The molecule has 2 saturated carbocycles. The third-order valence-electron chi connectivity index (χ3n) is 4.13. The van der Waals surface area contributed by atoms with Crippen LogP contribution in [0.25, 0.3) is 0 Å². The van der Waals surface area contributed by atoms with E-state index in [1.165, 1.54) is 25.7 Å². The van der Waals surface area contributed by atoms with Crippen LogP contribution < -0.4 is 0 Å². The summed E-state index contributed by atoms with van der Waals surface area (Å²) in [6, 6.07) is 0. The highest BCUT2D eigenvalue weighted by molar-refractivity contribution is 5.79. The van der Waals surface area contributed by atoms with Crippen molar-refractivity contribution < 1.29 is 4.79 Å². The van der Waals surface area contributed by atoms with Crippen LogP contribution >= 0.6 is 0 Å². The molecule has 0 aliphatic heterocycles. The third-order valence-corrected chi connectivity index (χ3v) is 4.13. The van der Waals surface area contributed by atoms with Crippen molar-refractivity contribution in [3.8, 4) is 12.3 Å². The zero-order valence-corrected chi connectivity index (χ0v) is 10.8. The fourth-order valence-corrected chi connectivity index (χ4v) is 2.72. The molecule has 0 bridgehead atoms. The summed E-state index contributed by atoms with van der Waals surface area (Å²) < 4.78 is 0. The third kappa shape index (κ3) is 3.49. The first-order valence-electron chi connectivity index (χ1n) is 6.93. The second kappa shape index (κ2) is 5.58. The van der Waals surface area contributed by atoms with E-state index in [4.69, 9.17) is 6.42 Å². The maximum absolute atomic E-state index is 12.4. The predicted octanol–water partition coefficient (Wildman–Crippen LogP) is 2.68. The molecule has 2 aliphatic carbocycles. The van der Waals surface area contributed by atoms with Crippen molar-refractivity contribution in [2.75, 3.05) is 13.1 Å². The van der Waals surface area contributed by atoms with Gasteiger partial charge in [-0.05, 0) is 50.4 Å². The quantitative estimate of drug-likeness (QED) is 0.684. The fraction of sp³-hybridized carbons (Fsp3) is 0.800. The van der Waals surface area contributed by atoms with Gasteiger partial charge in [0.2, 0.25) is 5.91 Å². The summed E-state index contributed by atoms with van der Waals surface area (Å²) in [6.07, 6.45) is 12.4. The molecular formula is C15H23NO. The minimum Gasteiger partial charge on any atom is -0.331 e. The maximum Gasteiger partial charge on any atom is 0.226 e. The van der Waals surface area contributed by atoms with E-state index in [-0.39, 0.29) is 5.92 Å². The van der Waals surface area contributed by atoms with Gasteiger partial charge in [0.15, 0.2) is 0 Å². The lowest BCUT2D eigenvalue weighted by molar-refractivity contribution is -0.136. The van der Waals surface area contributed by atoms with E-state index in [2.05, 4.69) is 12.8 Å². The molecule has 0 N–H and O–H groups in total. The zero-order valence-electron chi connectivity index (χ0n) is 10.8. The Labute approximate surface area is 105 Å². The number of rotatable bonds is 4. The molecule has 2 nitrogen and oxygen atoms in total. The first-order valence-corrected chi connectivity index (χ1v) is 6.93. The van der Waals surface area contributed by atoms with Crippen molar-refractivity contribution in [2.24, 2.45) is 17.8 Å². The van der Waals surface area contributed by atoms with E-state index in [1.54, 1.807) is 0 Å². The molecule has 0 saturated heterocycles. The van der Waals surface area contributed by atoms with Gasteiger partial charge < -0.3 is 4.90 Å². The van der Waals surface area contributed by atoms with Crippen LogP contribution in [0.3, 0.4) is 0 Å². The van der Waals surface area contributed by atoms with E-state index in [0.29, 0.717) is 12.5 Å². The summed E-state index contributed by atoms with van der Waals surface area (Å²) >= 11 is 0. The highest BCUT2D eigenvalue weighted by Gasteiger charge is 2.31. The van der Waals surface area contributed by atoms with Gasteiger partial charge in [-0.1, -0.05) is 12.8 Å².